The van der Waals surface area contributed by atoms with Crippen molar-refractivity contribution in [3.63, 3.8) is 0 Å². The molecule has 3 fully saturated rings. The first kappa shape index (κ1) is 24.1. The van der Waals surface area contributed by atoms with E-state index in [9.17, 15) is 14.0 Å². The zero-order valence-corrected chi connectivity index (χ0v) is 19.5. The van der Waals surface area contributed by atoms with Gasteiger partial charge in [-0.15, -0.1) is 0 Å². The highest BCUT2D eigenvalue weighted by Gasteiger charge is 2.42. The molecule has 0 bridgehead atoms. The number of nitrogens with one attached hydrogen (secondary N) is 1. The van der Waals surface area contributed by atoms with E-state index < -0.39 is 6.04 Å². The second-order valence-electron chi connectivity index (χ2n) is 9.86. The highest BCUT2D eigenvalue weighted by molar-refractivity contribution is 5.88. The lowest BCUT2D eigenvalue weighted by atomic mass is 9.90. The molecule has 182 valence electrons. The van der Waals surface area contributed by atoms with Crippen molar-refractivity contribution in [2.75, 3.05) is 20.3 Å². The molecule has 1 aliphatic heterocycles. The molecule has 1 heterocycles. The Bertz CT molecular complexity index is 808. The molecule has 1 unspecified atom stereocenters. The minimum atomic E-state index is -0.503. The van der Waals surface area contributed by atoms with Gasteiger partial charge in [0.15, 0.2) is 0 Å². The Labute approximate surface area is 195 Å². The van der Waals surface area contributed by atoms with Gasteiger partial charge >= 0.3 is 0 Å². The third-order valence-electron chi connectivity index (χ3n) is 7.35. The molecule has 8 heteroatoms. The third kappa shape index (κ3) is 6.31. The molecule has 2 amide bonds. The molecular formula is C25H37FN4O3. The summed E-state index contributed by atoms with van der Waals surface area (Å²) >= 11 is 0. The quantitative estimate of drug-likeness (QED) is 0.621. The van der Waals surface area contributed by atoms with E-state index in [4.69, 9.17) is 10.5 Å². The van der Waals surface area contributed by atoms with Crippen LogP contribution in [0.5, 0.6) is 0 Å². The Morgan fingerprint density at radius 2 is 1.79 bits per heavy atom. The second kappa shape index (κ2) is 10.9. The van der Waals surface area contributed by atoms with Gasteiger partial charge in [-0.05, 0) is 69.1 Å². The summed E-state index contributed by atoms with van der Waals surface area (Å²) in [5.41, 5.74) is 7.09. The molecular weight excluding hydrogens is 423 g/mol. The largest absolute Gasteiger partial charge is 0.375 e. The molecule has 0 radical (unpaired) electrons. The van der Waals surface area contributed by atoms with Crippen molar-refractivity contribution >= 4 is 11.8 Å². The Morgan fingerprint density at radius 1 is 1.09 bits per heavy atom. The average Bonchev–Trinajstić information content (AvgIpc) is 3.65. The summed E-state index contributed by atoms with van der Waals surface area (Å²) < 4.78 is 18.5. The van der Waals surface area contributed by atoms with E-state index in [1.165, 1.54) is 19.2 Å². The molecule has 2 aliphatic carbocycles. The normalized spacial score (nSPS) is 28.1. The van der Waals surface area contributed by atoms with Gasteiger partial charge in [0.1, 0.15) is 18.5 Å². The predicted octanol–water partition coefficient (Wildman–Crippen LogP) is 2.18. The number of amides is 2. The number of ether oxygens (including phenoxy) is 1. The molecule has 0 aromatic heterocycles. The summed E-state index contributed by atoms with van der Waals surface area (Å²) in [6, 6.07) is 7.19. The lowest BCUT2D eigenvalue weighted by Crippen LogP contribution is -2.59. The number of benzene rings is 1. The number of methoxy groups -OCH3 is 1. The summed E-state index contributed by atoms with van der Waals surface area (Å²) in [6.45, 7) is 1.25. The van der Waals surface area contributed by atoms with E-state index in [1.54, 1.807) is 4.90 Å². The van der Waals surface area contributed by atoms with Gasteiger partial charge < -0.3 is 20.7 Å². The number of piperidine rings is 1. The monoisotopic (exact) mass is 460 g/mol. The fourth-order valence-corrected chi connectivity index (χ4v) is 5.33. The Hall–Kier alpha value is -2.03. The molecule has 7 nitrogen and oxygen atoms in total. The number of nitrogens with zero attached hydrogens (tertiary/aromatic N) is 2. The van der Waals surface area contributed by atoms with Crippen molar-refractivity contribution in [1.29, 1.82) is 0 Å². The van der Waals surface area contributed by atoms with Crippen molar-refractivity contribution < 1.29 is 18.7 Å². The lowest BCUT2D eigenvalue weighted by molar-refractivity contribution is -0.147. The van der Waals surface area contributed by atoms with Crippen molar-refractivity contribution in [2.45, 2.75) is 88.1 Å². The summed E-state index contributed by atoms with van der Waals surface area (Å²) in [4.78, 5) is 30.3. The van der Waals surface area contributed by atoms with Gasteiger partial charge in [0, 0.05) is 44.4 Å². The van der Waals surface area contributed by atoms with Crippen LogP contribution in [0.2, 0.25) is 0 Å². The van der Waals surface area contributed by atoms with Gasteiger partial charge in [0.2, 0.25) is 11.8 Å². The first-order chi connectivity index (χ1) is 15.9. The molecule has 2 saturated carbocycles. The number of rotatable bonds is 8. The van der Waals surface area contributed by atoms with Crippen LogP contribution < -0.4 is 11.1 Å². The first-order valence-corrected chi connectivity index (χ1v) is 12.3. The number of halogens is 1. The van der Waals surface area contributed by atoms with Crippen LogP contribution in [0.25, 0.3) is 0 Å². The van der Waals surface area contributed by atoms with Crippen molar-refractivity contribution in [1.82, 2.24) is 15.1 Å². The lowest BCUT2D eigenvalue weighted by Gasteiger charge is -2.43. The maximum absolute atomic E-state index is 13.4. The van der Waals surface area contributed by atoms with E-state index in [1.807, 2.05) is 12.1 Å². The van der Waals surface area contributed by atoms with E-state index in [-0.39, 0.29) is 42.4 Å². The van der Waals surface area contributed by atoms with Crippen molar-refractivity contribution in [3.8, 4) is 0 Å². The van der Waals surface area contributed by atoms with Gasteiger partial charge in [0.25, 0.3) is 0 Å². The van der Waals surface area contributed by atoms with Crippen LogP contribution in [0.3, 0.4) is 0 Å². The molecule has 3 N–H and O–H groups in total. The predicted molar refractivity (Wildman–Crippen MR) is 124 cm³/mol. The smallest absolute Gasteiger partial charge is 0.249 e. The zero-order valence-electron chi connectivity index (χ0n) is 19.5. The third-order valence-corrected chi connectivity index (χ3v) is 7.35. The second-order valence-corrected chi connectivity index (χ2v) is 9.86. The standard InChI is InChI=1S/C25H37FN4O3/c1-33-16-24(31)29-13-12-22(14-23(29)25(32)28-20-8-6-19(27)7-9-20)30(21-10-11-21)15-17-2-4-18(26)5-3-17/h2-5,19-23H,6-16,27H2,1H3,(H,28,32)/t19?,20?,22?,23-/m1/s1. The summed E-state index contributed by atoms with van der Waals surface area (Å²) in [5, 5.41) is 3.21. The van der Waals surface area contributed by atoms with Crippen molar-refractivity contribution in [3.05, 3.63) is 35.6 Å². The highest BCUT2D eigenvalue weighted by atomic mass is 19.1. The van der Waals surface area contributed by atoms with Gasteiger partial charge in [-0.3, -0.25) is 14.5 Å². The number of hydrogen-bond acceptors (Lipinski definition) is 5. The van der Waals surface area contributed by atoms with E-state index >= 15 is 0 Å². The Morgan fingerprint density at radius 3 is 2.42 bits per heavy atom. The molecule has 2 atom stereocenters. The molecule has 1 aromatic rings. The molecule has 3 aliphatic rings. The van der Waals surface area contributed by atoms with E-state index in [2.05, 4.69) is 10.2 Å². The van der Waals surface area contributed by atoms with Crippen LogP contribution >= 0.6 is 0 Å². The topological polar surface area (TPSA) is 87.9 Å². The first-order valence-electron chi connectivity index (χ1n) is 12.3. The SMILES string of the molecule is COCC(=O)N1CCC(N(Cc2ccc(F)cc2)C2CC2)C[C@@H]1C(=O)NC1CCC(N)CC1. The van der Waals surface area contributed by atoms with Gasteiger partial charge in [-0.25, -0.2) is 4.39 Å². The van der Waals surface area contributed by atoms with Crippen LogP contribution in [0.15, 0.2) is 24.3 Å². The number of carbonyl (C=O) groups is 2. The molecule has 33 heavy (non-hydrogen) atoms. The fraction of sp³-hybridized carbons (Fsp3) is 0.680. The van der Waals surface area contributed by atoms with Crippen LogP contribution in [-0.4, -0.2) is 72.1 Å². The van der Waals surface area contributed by atoms with Crippen molar-refractivity contribution in [2.24, 2.45) is 5.73 Å². The molecule has 1 saturated heterocycles. The average molecular weight is 461 g/mol. The maximum Gasteiger partial charge on any atom is 0.249 e. The van der Waals surface area contributed by atoms with E-state index in [0.29, 0.717) is 19.0 Å². The van der Waals surface area contributed by atoms with Crippen LogP contribution in [0, 0.1) is 5.82 Å². The number of hydrogen-bond donors (Lipinski definition) is 2. The fourth-order valence-electron chi connectivity index (χ4n) is 5.33. The molecule has 0 spiro atoms. The molecule has 1 aromatic carbocycles. The summed E-state index contributed by atoms with van der Waals surface area (Å²) in [6.07, 6.45) is 7.30. The van der Waals surface area contributed by atoms with E-state index in [0.717, 1.165) is 57.1 Å². The minimum absolute atomic E-state index is 0.0192. The number of nitrogens with two attached hydrogens (primary N) is 1. The maximum atomic E-state index is 13.4. The molecule has 4 rings (SSSR count). The summed E-state index contributed by atoms with van der Waals surface area (Å²) in [7, 11) is 1.50. The van der Waals surface area contributed by atoms with Gasteiger partial charge in [0.05, 0.1) is 0 Å². The van der Waals surface area contributed by atoms with Gasteiger partial charge in [-0.1, -0.05) is 12.1 Å². The number of likely N-dealkylation sites (tertiary alicyclic amines) is 1. The van der Waals surface area contributed by atoms with Gasteiger partial charge in [-0.2, -0.15) is 0 Å². The van der Waals surface area contributed by atoms with Crippen LogP contribution in [-0.2, 0) is 20.9 Å². The Balaban J connectivity index is 1.46. The summed E-state index contributed by atoms with van der Waals surface area (Å²) in [5.74, 6) is -0.442. The number of carbonyl (C=O) groups excluding carboxylic acids is 2. The van der Waals surface area contributed by atoms with Crippen LogP contribution in [0.1, 0.15) is 56.9 Å². The Kier molecular flexibility index (Phi) is 7.98. The highest BCUT2D eigenvalue weighted by Crippen LogP contribution is 2.35. The van der Waals surface area contributed by atoms with Crippen LogP contribution in [0.4, 0.5) is 4.39 Å². The zero-order chi connectivity index (χ0) is 23.4. The minimum Gasteiger partial charge on any atom is -0.375 e.